The van der Waals surface area contributed by atoms with Crippen molar-refractivity contribution in [2.75, 3.05) is 0 Å². The first-order valence-electron chi connectivity index (χ1n) is 3.73. The van der Waals surface area contributed by atoms with Crippen LogP contribution in [0.3, 0.4) is 0 Å². The van der Waals surface area contributed by atoms with Crippen molar-refractivity contribution >= 4 is 6.47 Å². The van der Waals surface area contributed by atoms with Crippen molar-refractivity contribution in [3.8, 4) is 0 Å². The van der Waals surface area contributed by atoms with Gasteiger partial charge in [0.25, 0.3) is 0 Å². The Hall–Kier alpha value is -0.530. The van der Waals surface area contributed by atoms with Gasteiger partial charge < -0.3 is 4.74 Å². The quantitative estimate of drug-likeness (QED) is 0.587. The Morgan fingerprint density at radius 2 is 2.10 bits per heavy atom. The van der Waals surface area contributed by atoms with Crippen molar-refractivity contribution in [1.82, 2.24) is 0 Å². The van der Waals surface area contributed by atoms with Gasteiger partial charge in [0.15, 0.2) is 0 Å². The summed E-state index contributed by atoms with van der Waals surface area (Å²) < 4.78 is 4.70. The predicted octanol–water partition coefficient (Wildman–Crippen LogP) is 1.89. The highest BCUT2D eigenvalue weighted by atomic mass is 16.5. The average molecular weight is 143 g/mol. The fraction of sp³-hybridized carbons (Fsp3) is 0.875. The molecule has 0 fully saturated rings. The van der Waals surface area contributed by atoms with Gasteiger partial charge in [-0.15, -0.1) is 0 Å². The largest absolute Gasteiger partial charge is 0.454 e. The molecule has 0 rings (SSSR count). The number of hydrogen-bond donors (Lipinski definition) is 0. The zero-order valence-electron chi connectivity index (χ0n) is 6.89. The van der Waals surface area contributed by atoms with Crippen LogP contribution in [0.15, 0.2) is 0 Å². The lowest BCUT2D eigenvalue weighted by Gasteiger charge is -2.13. The molecule has 0 aliphatic rings. The van der Waals surface area contributed by atoms with Crippen molar-refractivity contribution in [3.05, 3.63) is 0 Å². The summed E-state index contributed by atoms with van der Waals surface area (Å²) in [6.45, 7) is 7.69. The molecule has 0 aromatic heterocycles. The maximum absolute atomic E-state index is 9.81. The lowest BCUT2D eigenvalue weighted by Crippen LogP contribution is -2.13. The van der Waals surface area contributed by atoms with Gasteiger partial charge in [-0.2, -0.15) is 0 Å². The third-order valence-electron chi connectivity index (χ3n) is 1.40. The van der Waals surface area contributed by atoms with E-state index in [-0.39, 0.29) is 6.10 Å². The number of hydrogen-bond acceptors (Lipinski definition) is 2. The van der Waals surface area contributed by atoms with Crippen LogP contribution in [0, 0.1) is 5.92 Å². The van der Waals surface area contributed by atoms with Crippen LogP contribution in [0.5, 0.6) is 0 Å². The molecule has 0 aliphatic heterocycles. The van der Waals surface area contributed by atoms with Gasteiger partial charge in [-0.25, -0.2) is 4.79 Å². The van der Waals surface area contributed by atoms with Gasteiger partial charge in [0, 0.05) is 0 Å². The van der Waals surface area contributed by atoms with E-state index in [4.69, 9.17) is 4.74 Å². The summed E-state index contributed by atoms with van der Waals surface area (Å²) in [5, 5.41) is 0. The van der Waals surface area contributed by atoms with E-state index in [1.807, 2.05) is 6.92 Å². The summed E-state index contributed by atoms with van der Waals surface area (Å²) in [6.07, 6.45) is 1.89. The van der Waals surface area contributed by atoms with Crippen LogP contribution in [0.25, 0.3) is 0 Å². The van der Waals surface area contributed by atoms with Crippen LogP contribution in [-0.2, 0) is 9.53 Å². The Kier molecular flexibility index (Phi) is 4.99. The van der Waals surface area contributed by atoms with E-state index in [0.29, 0.717) is 5.92 Å². The molecule has 0 aliphatic carbocycles. The molecule has 59 valence electrons. The molecule has 0 saturated heterocycles. The van der Waals surface area contributed by atoms with E-state index in [1.54, 1.807) is 0 Å². The first kappa shape index (κ1) is 9.47. The Labute approximate surface area is 62.6 Å². The molecule has 0 amide bonds. The highest BCUT2D eigenvalue weighted by Crippen LogP contribution is 2.09. The zero-order chi connectivity index (χ0) is 7.98. The molecule has 0 aromatic rings. The molecular weight excluding hydrogens is 128 g/mol. The monoisotopic (exact) mass is 143 g/mol. The van der Waals surface area contributed by atoms with Crippen molar-refractivity contribution < 1.29 is 9.53 Å². The van der Waals surface area contributed by atoms with Crippen molar-refractivity contribution in [3.63, 3.8) is 0 Å². The second kappa shape index (κ2) is 5.27. The third kappa shape index (κ3) is 4.36. The first-order chi connectivity index (χ1) is 4.70. The fourth-order valence-electron chi connectivity index (χ4n) is 0.892. The van der Waals surface area contributed by atoms with E-state index < -0.39 is 0 Å². The van der Waals surface area contributed by atoms with Crippen molar-refractivity contribution in [2.45, 2.75) is 39.7 Å². The molecule has 0 N–H and O–H groups in total. The fourth-order valence-corrected chi connectivity index (χ4v) is 0.892. The van der Waals surface area contributed by atoms with Gasteiger partial charge in [-0.3, -0.25) is 0 Å². The molecule has 0 saturated carbocycles. The maximum atomic E-state index is 9.81. The second-order valence-electron chi connectivity index (χ2n) is 2.86. The SMILES string of the molecule is CCC(CC(C)C)O[C]=O. The molecule has 1 atom stereocenters. The van der Waals surface area contributed by atoms with Crippen molar-refractivity contribution in [1.29, 1.82) is 0 Å². The molecule has 0 aromatic carbocycles. The van der Waals surface area contributed by atoms with Gasteiger partial charge in [0.2, 0.25) is 0 Å². The van der Waals surface area contributed by atoms with Gasteiger partial charge in [0.1, 0.15) is 6.10 Å². The molecule has 2 heteroatoms. The topological polar surface area (TPSA) is 26.3 Å². The third-order valence-corrected chi connectivity index (χ3v) is 1.40. The highest BCUT2D eigenvalue weighted by molar-refractivity contribution is 5.38. The van der Waals surface area contributed by atoms with Crippen LogP contribution in [-0.4, -0.2) is 12.6 Å². The number of carbonyl (C=O) groups excluding carboxylic acids is 1. The lowest BCUT2D eigenvalue weighted by molar-refractivity contribution is 0.148. The molecular formula is C8H15O2. The Balaban J connectivity index is 3.48. The van der Waals surface area contributed by atoms with Gasteiger partial charge in [-0.05, 0) is 18.8 Å². The van der Waals surface area contributed by atoms with Crippen molar-refractivity contribution in [2.24, 2.45) is 5.92 Å². The molecule has 0 bridgehead atoms. The molecule has 1 radical (unpaired) electrons. The van der Waals surface area contributed by atoms with E-state index in [9.17, 15) is 4.79 Å². The minimum Gasteiger partial charge on any atom is -0.454 e. The standard InChI is InChI=1S/C8H15O2/c1-4-8(10-6-9)5-7(2)3/h7-8H,4-5H2,1-3H3. The smallest absolute Gasteiger partial charge is 0.417 e. The van der Waals surface area contributed by atoms with E-state index in [0.717, 1.165) is 12.8 Å². The first-order valence-corrected chi connectivity index (χ1v) is 3.73. The highest BCUT2D eigenvalue weighted by Gasteiger charge is 2.08. The van der Waals surface area contributed by atoms with E-state index >= 15 is 0 Å². The predicted molar refractivity (Wildman–Crippen MR) is 40.3 cm³/mol. The second-order valence-corrected chi connectivity index (χ2v) is 2.86. The number of ether oxygens (including phenoxy) is 1. The Morgan fingerprint density at radius 1 is 1.50 bits per heavy atom. The normalized spacial score (nSPS) is 13.2. The summed E-state index contributed by atoms with van der Waals surface area (Å²) in [6, 6.07) is 0. The number of rotatable bonds is 5. The average Bonchev–Trinajstić information content (AvgIpc) is 1.86. The van der Waals surface area contributed by atoms with E-state index in [1.165, 1.54) is 6.47 Å². The summed E-state index contributed by atoms with van der Waals surface area (Å²) in [5.74, 6) is 0.582. The summed E-state index contributed by atoms with van der Waals surface area (Å²) in [5.41, 5.74) is 0. The van der Waals surface area contributed by atoms with Crippen LogP contribution >= 0.6 is 0 Å². The lowest BCUT2D eigenvalue weighted by atomic mass is 10.0. The molecule has 0 spiro atoms. The Bertz CT molecular complexity index is 89.3. The van der Waals surface area contributed by atoms with Gasteiger partial charge >= 0.3 is 6.47 Å². The molecule has 1 unspecified atom stereocenters. The minimum absolute atomic E-state index is 0.0671. The molecule has 10 heavy (non-hydrogen) atoms. The Morgan fingerprint density at radius 3 is 2.40 bits per heavy atom. The summed E-state index contributed by atoms with van der Waals surface area (Å²) in [7, 11) is 0. The van der Waals surface area contributed by atoms with Crippen LogP contribution < -0.4 is 0 Å². The van der Waals surface area contributed by atoms with Gasteiger partial charge in [-0.1, -0.05) is 20.8 Å². The molecule has 2 nitrogen and oxygen atoms in total. The summed E-state index contributed by atoms with van der Waals surface area (Å²) in [4.78, 5) is 9.81. The zero-order valence-corrected chi connectivity index (χ0v) is 6.89. The maximum Gasteiger partial charge on any atom is 0.417 e. The van der Waals surface area contributed by atoms with E-state index in [2.05, 4.69) is 13.8 Å². The van der Waals surface area contributed by atoms with Gasteiger partial charge in [0.05, 0.1) is 0 Å². The van der Waals surface area contributed by atoms with Crippen LogP contribution in [0.1, 0.15) is 33.6 Å². The minimum atomic E-state index is 0.0671. The van der Waals surface area contributed by atoms with Crippen LogP contribution in [0.2, 0.25) is 0 Å². The van der Waals surface area contributed by atoms with Crippen LogP contribution in [0.4, 0.5) is 0 Å². The molecule has 0 heterocycles. The summed E-state index contributed by atoms with van der Waals surface area (Å²) >= 11 is 0.